The number of sulfonamides is 1. The van der Waals surface area contributed by atoms with Crippen molar-refractivity contribution in [2.24, 2.45) is 11.1 Å². The fourth-order valence-corrected chi connectivity index (χ4v) is 2.50. The van der Waals surface area contributed by atoms with Gasteiger partial charge in [-0.05, 0) is 42.3 Å². The molecule has 24 heavy (non-hydrogen) atoms. The van der Waals surface area contributed by atoms with Gasteiger partial charge in [-0.15, -0.1) is 0 Å². The van der Waals surface area contributed by atoms with Gasteiger partial charge in [-0.2, -0.15) is 0 Å². The second-order valence-electron chi connectivity index (χ2n) is 5.76. The SMILES string of the molecule is CC(C)COc1cccc(C(=O)Nc2cccc(S(N)(=O)=O)c2)c1. The van der Waals surface area contributed by atoms with Gasteiger partial charge in [0.25, 0.3) is 5.91 Å². The minimum absolute atomic E-state index is 0.0608. The number of amides is 1. The molecule has 2 aromatic carbocycles. The summed E-state index contributed by atoms with van der Waals surface area (Å²) >= 11 is 0. The van der Waals surface area contributed by atoms with Crippen LogP contribution in [-0.2, 0) is 10.0 Å². The van der Waals surface area contributed by atoms with Crippen LogP contribution in [0.15, 0.2) is 53.4 Å². The van der Waals surface area contributed by atoms with Crippen molar-refractivity contribution in [2.45, 2.75) is 18.7 Å². The third-order valence-electron chi connectivity index (χ3n) is 3.10. The van der Waals surface area contributed by atoms with Crippen LogP contribution < -0.4 is 15.2 Å². The first-order valence-electron chi connectivity index (χ1n) is 7.43. The monoisotopic (exact) mass is 348 g/mol. The van der Waals surface area contributed by atoms with Crippen molar-refractivity contribution in [3.63, 3.8) is 0 Å². The van der Waals surface area contributed by atoms with E-state index in [1.165, 1.54) is 18.2 Å². The quantitative estimate of drug-likeness (QED) is 0.838. The molecule has 0 aromatic heterocycles. The topological polar surface area (TPSA) is 98.5 Å². The zero-order valence-corrected chi connectivity index (χ0v) is 14.3. The average Bonchev–Trinajstić information content (AvgIpc) is 2.52. The maximum absolute atomic E-state index is 12.3. The fourth-order valence-electron chi connectivity index (χ4n) is 1.94. The molecule has 0 saturated carbocycles. The number of carbonyl (C=O) groups excluding carboxylic acids is 1. The van der Waals surface area contributed by atoms with Crippen LogP contribution in [-0.4, -0.2) is 20.9 Å². The van der Waals surface area contributed by atoms with Gasteiger partial charge in [0, 0.05) is 11.3 Å². The molecule has 2 aromatic rings. The van der Waals surface area contributed by atoms with Crippen LogP contribution in [0.4, 0.5) is 5.69 Å². The van der Waals surface area contributed by atoms with E-state index in [4.69, 9.17) is 9.88 Å². The van der Waals surface area contributed by atoms with Gasteiger partial charge in [0.05, 0.1) is 11.5 Å². The molecule has 0 aliphatic carbocycles. The van der Waals surface area contributed by atoms with Crippen molar-refractivity contribution in [3.05, 3.63) is 54.1 Å². The van der Waals surface area contributed by atoms with Crippen LogP contribution in [0.3, 0.4) is 0 Å². The molecule has 0 fully saturated rings. The molecule has 7 heteroatoms. The summed E-state index contributed by atoms with van der Waals surface area (Å²) in [5.74, 6) is 0.620. The summed E-state index contributed by atoms with van der Waals surface area (Å²) in [7, 11) is -3.82. The lowest BCUT2D eigenvalue weighted by atomic mass is 10.2. The van der Waals surface area contributed by atoms with E-state index in [9.17, 15) is 13.2 Å². The minimum atomic E-state index is -3.82. The van der Waals surface area contributed by atoms with E-state index in [1.807, 2.05) is 13.8 Å². The first-order valence-corrected chi connectivity index (χ1v) is 8.97. The number of ether oxygens (including phenoxy) is 1. The molecule has 0 spiro atoms. The maximum atomic E-state index is 12.3. The number of nitrogens with two attached hydrogens (primary N) is 1. The summed E-state index contributed by atoms with van der Waals surface area (Å²) in [5.41, 5.74) is 0.761. The molecule has 0 aliphatic rings. The zero-order chi connectivity index (χ0) is 17.7. The highest BCUT2D eigenvalue weighted by Crippen LogP contribution is 2.18. The standard InChI is InChI=1S/C17H20N2O4S/c1-12(2)11-23-15-7-3-5-13(9-15)17(20)19-14-6-4-8-16(10-14)24(18,21)22/h3-10,12H,11H2,1-2H3,(H,19,20)(H2,18,21,22). The second-order valence-corrected chi connectivity index (χ2v) is 7.32. The normalized spacial score (nSPS) is 11.3. The van der Waals surface area contributed by atoms with E-state index in [-0.39, 0.29) is 10.8 Å². The van der Waals surface area contributed by atoms with Crippen LogP contribution in [0.1, 0.15) is 24.2 Å². The Hall–Kier alpha value is -2.38. The summed E-state index contributed by atoms with van der Waals surface area (Å²) in [5, 5.41) is 7.74. The Morgan fingerprint density at radius 1 is 1.17 bits per heavy atom. The molecular formula is C17H20N2O4S. The number of carbonyl (C=O) groups is 1. The molecule has 128 valence electrons. The molecule has 0 unspecified atom stereocenters. The van der Waals surface area contributed by atoms with E-state index < -0.39 is 10.0 Å². The summed E-state index contributed by atoms with van der Waals surface area (Å²) in [6, 6.07) is 12.6. The highest BCUT2D eigenvalue weighted by molar-refractivity contribution is 7.89. The molecule has 0 bridgehead atoms. The van der Waals surface area contributed by atoms with Crippen LogP contribution in [0.2, 0.25) is 0 Å². The van der Waals surface area contributed by atoms with Gasteiger partial charge >= 0.3 is 0 Å². The van der Waals surface area contributed by atoms with Crippen molar-refractivity contribution in [2.75, 3.05) is 11.9 Å². The third-order valence-corrected chi connectivity index (χ3v) is 4.01. The van der Waals surface area contributed by atoms with E-state index in [1.54, 1.807) is 30.3 Å². The summed E-state index contributed by atoms with van der Waals surface area (Å²) < 4.78 is 28.3. The van der Waals surface area contributed by atoms with Gasteiger partial charge in [0.1, 0.15) is 5.75 Å². The van der Waals surface area contributed by atoms with Gasteiger partial charge < -0.3 is 10.1 Å². The first kappa shape index (κ1) is 18.0. The first-order chi connectivity index (χ1) is 11.3. The van der Waals surface area contributed by atoms with E-state index in [2.05, 4.69) is 5.32 Å². The Labute approximate surface area is 141 Å². The van der Waals surface area contributed by atoms with Crippen LogP contribution >= 0.6 is 0 Å². The summed E-state index contributed by atoms with van der Waals surface area (Å²) in [6.45, 7) is 4.63. The Morgan fingerprint density at radius 3 is 2.54 bits per heavy atom. The third kappa shape index (κ3) is 5.07. The van der Waals surface area contributed by atoms with Crippen LogP contribution in [0.25, 0.3) is 0 Å². The van der Waals surface area contributed by atoms with Gasteiger partial charge in [0.15, 0.2) is 0 Å². The fraction of sp³-hybridized carbons (Fsp3) is 0.235. The smallest absolute Gasteiger partial charge is 0.255 e. The molecule has 0 heterocycles. The van der Waals surface area contributed by atoms with E-state index in [0.29, 0.717) is 29.5 Å². The van der Waals surface area contributed by atoms with Gasteiger partial charge in [-0.1, -0.05) is 26.0 Å². The van der Waals surface area contributed by atoms with Gasteiger partial charge in [0.2, 0.25) is 10.0 Å². The number of hydrogen-bond acceptors (Lipinski definition) is 4. The minimum Gasteiger partial charge on any atom is -0.493 e. The molecule has 0 saturated heterocycles. The maximum Gasteiger partial charge on any atom is 0.255 e. The number of nitrogens with one attached hydrogen (secondary N) is 1. The average molecular weight is 348 g/mol. The van der Waals surface area contributed by atoms with Crippen LogP contribution in [0, 0.1) is 5.92 Å². The second kappa shape index (κ2) is 7.46. The Bertz CT molecular complexity index is 832. The number of hydrogen-bond donors (Lipinski definition) is 2. The van der Waals surface area contributed by atoms with Crippen molar-refractivity contribution < 1.29 is 17.9 Å². The summed E-state index contributed by atoms with van der Waals surface area (Å²) in [6.07, 6.45) is 0. The van der Waals surface area contributed by atoms with Crippen molar-refractivity contribution in [1.29, 1.82) is 0 Å². The van der Waals surface area contributed by atoms with Crippen molar-refractivity contribution in [1.82, 2.24) is 0 Å². The molecule has 1 amide bonds. The predicted octanol–water partition coefficient (Wildman–Crippen LogP) is 2.62. The zero-order valence-electron chi connectivity index (χ0n) is 13.5. The number of benzene rings is 2. The largest absolute Gasteiger partial charge is 0.493 e. The lowest BCUT2D eigenvalue weighted by Gasteiger charge is -2.10. The predicted molar refractivity (Wildman–Crippen MR) is 92.5 cm³/mol. The molecular weight excluding hydrogens is 328 g/mol. The van der Waals surface area contributed by atoms with Crippen molar-refractivity contribution in [3.8, 4) is 5.75 Å². The van der Waals surface area contributed by atoms with Crippen molar-refractivity contribution >= 4 is 21.6 Å². The highest BCUT2D eigenvalue weighted by atomic mass is 32.2. The van der Waals surface area contributed by atoms with Gasteiger partial charge in [-0.3, -0.25) is 4.79 Å². The number of primary sulfonamides is 1. The molecule has 0 aliphatic heterocycles. The molecule has 6 nitrogen and oxygen atoms in total. The Balaban J connectivity index is 2.14. The molecule has 2 rings (SSSR count). The molecule has 3 N–H and O–H groups in total. The Morgan fingerprint density at radius 2 is 1.88 bits per heavy atom. The highest BCUT2D eigenvalue weighted by Gasteiger charge is 2.11. The molecule has 0 radical (unpaired) electrons. The van der Waals surface area contributed by atoms with Gasteiger partial charge in [-0.25, -0.2) is 13.6 Å². The number of anilines is 1. The van der Waals surface area contributed by atoms with E-state index >= 15 is 0 Å². The lowest BCUT2D eigenvalue weighted by Crippen LogP contribution is -2.15. The lowest BCUT2D eigenvalue weighted by molar-refractivity contribution is 0.102. The molecule has 0 atom stereocenters. The Kier molecular flexibility index (Phi) is 5.58. The number of rotatable bonds is 6. The van der Waals surface area contributed by atoms with Crippen LogP contribution in [0.5, 0.6) is 5.75 Å². The summed E-state index contributed by atoms with van der Waals surface area (Å²) in [4.78, 5) is 12.3. The van der Waals surface area contributed by atoms with E-state index in [0.717, 1.165) is 0 Å².